The normalized spacial score (nSPS) is 20.3. The number of anilines is 1. The van der Waals surface area contributed by atoms with Gasteiger partial charge in [-0.05, 0) is 7.05 Å². The van der Waals surface area contributed by atoms with E-state index in [1.807, 2.05) is 23.9 Å². The number of hydrogen-bond donors (Lipinski definition) is 1. The zero-order chi connectivity index (χ0) is 13.9. The van der Waals surface area contributed by atoms with E-state index in [9.17, 15) is 5.11 Å². The zero-order valence-electron chi connectivity index (χ0n) is 11.4. The molecule has 0 saturated carbocycles. The Bertz CT molecular complexity index is 558. The van der Waals surface area contributed by atoms with E-state index >= 15 is 0 Å². The summed E-state index contributed by atoms with van der Waals surface area (Å²) in [7, 11) is 2.04. The number of nitrogens with zero attached hydrogens (tertiary/aromatic N) is 6. The molecule has 2 aromatic rings. The van der Waals surface area contributed by atoms with Crippen molar-refractivity contribution in [1.29, 1.82) is 0 Å². The highest BCUT2D eigenvalue weighted by Crippen LogP contribution is 2.17. The number of hydrogen-bond acceptors (Lipinski definition) is 6. The molecule has 1 atom stereocenters. The third-order valence-corrected chi connectivity index (χ3v) is 3.72. The third kappa shape index (κ3) is 2.50. The molecular formula is C13H18N6O. The van der Waals surface area contributed by atoms with Crippen LogP contribution in [0.25, 0.3) is 5.82 Å². The van der Waals surface area contributed by atoms with Crippen molar-refractivity contribution in [3.05, 3.63) is 31.1 Å². The average Bonchev–Trinajstić information content (AvgIpc) is 3.02. The van der Waals surface area contributed by atoms with Crippen LogP contribution in [-0.2, 0) is 0 Å². The van der Waals surface area contributed by atoms with Crippen LogP contribution in [0.1, 0.15) is 0 Å². The molecule has 1 N–H and O–H groups in total. The van der Waals surface area contributed by atoms with Crippen LogP contribution in [0.5, 0.6) is 0 Å². The van der Waals surface area contributed by atoms with E-state index in [0.29, 0.717) is 0 Å². The van der Waals surface area contributed by atoms with Crippen LogP contribution in [-0.4, -0.2) is 68.9 Å². The second-order valence-corrected chi connectivity index (χ2v) is 4.97. The van der Waals surface area contributed by atoms with Crippen LogP contribution in [0, 0.1) is 0 Å². The molecule has 0 aliphatic carbocycles. The lowest BCUT2D eigenvalue weighted by molar-refractivity contribution is 0.135. The average molecular weight is 274 g/mol. The summed E-state index contributed by atoms with van der Waals surface area (Å²) in [5.41, 5.74) is 0. The number of aliphatic hydroxyl groups is 1. The predicted molar refractivity (Wildman–Crippen MR) is 74.9 cm³/mol. The fourth-order valence-corrected chi connectivity index (χ4v) is 2.40. The predicted octanol–water partition coefficient (Wildman–Crippen LogP) is -0.225. The van der Waals surface area contributed by atoms with E-state index in [2.05, 4.69) is 24.8 Å². The first-order valence-corrected chi connectivity index (χ1v) is 6.64. The second-order valence-electron chi connectivity index (χ2n) is 4.97. The Morgan fingerprint density at radius 1 is 1.30 bits per heavy atom. The molecule has 1 aliphatic rings. The maximum Gasteiger partial charge on any atom is 0.143 e. The SMILES string of the molecule is CN1CCN(c2cc(-n3ccnc3)ncn2)C[C@@H]1CO. The standard InChI is InChI=1S/C13H18N6O/c1-17-4-5-18(7-11(17)8-20)12-6-13(16-9-15-12)19-3-2-14-10-19/h2-3,6,9-11,20H,4-5,7-8H2,1H3/t11-/m1/s1. The number of rotatable bonds is 3. The first kappa shape index (κ1) is 13.0. The van der Waals surface area contributed by atoms with Gasteiger partial charge in [-0.15, -0.1) is 0 Å². The molecule has 7 nitrogen and oxygen atoms in total. The monoisotopic (exact) mass is 274 g/mol. The Morgan fingerprint density at radius 2 is 2.15 bits per heavy atom. The van der Waals surface area contributed by atoms with E-state index in [-0.39, 0.29) is 12.6 Å². The van der Waals surface area contributed by atoms with Gasteiger partial charge < -0.3 is 10.0 Å². The Kier molecular flexibility index (Phi) is 3.62. The Balaban J connectivity index is 1.82. The summed E-state index contributed by atoms with van der Waals surface area (Å²) in [4.78, 5) is 17.0. The fraction of sp³-hybridized carbons (Fsp3) is 0.462. The highest BCUT2D eigenvalue weighted by atomic mass is 16.3. The second kappa shape index (κ2) is 5.56. The van der Waals surface area contributed by atoms with Crippen LogP contribution >= 0.6 is 0 Å². The fourth-order valence-electron chi connectivity index (χ4n) is 2.40. The van der Waals surface area contributed by atoms with Gasteiger partial charge in [0.2, 0.25) is 0 Å². The number of aliphatic hydroxyl groups excluding tert-OH is 1. The van der Waals surface area contributed by atoms with Crippen LogP contribution in [0.3, 0.4) is 0 Å². The van der Waals surface area contributed by atoms with Gasteiger partial charge in [0.15, 0.2) is 0 Å². The van der Waals surface area contributed by atoms with Gasteiger partial charge in [-0.25, -0.2) is 15.0 Å². The molecule has 1 aliphatic heterocycles. The van der Waals surface area contributed by atoms with E-state index in [0.717, 1.165) is 31.3 Å². The van der Waals surface area contributed by atoms with E-state index in [4.69, 9.17) is 0 Å². The van der Waals surface area contributed by atoms with Gasteiger partial charge in [0.05, 0.1) is 12.6 Å². The summed E-state index contributed by atoms with van der Waals surface area (Å²) in [6, 6.07) is 2.09. The van der Waals surface area contributed by atoms with Crippen molar-refractivity contribution in [2.75, 3.05) is 38.2 Å². The molecule has 0 spiro atoms. The lowest BCUT2D eigenvalue weighted by atomic mass is 10.2. The highest BCUT2D eigenvalue weighted by Gasteiger charge is 2.24. The Labute approximate surface area is 117 Å². The molecule has 7 heteroatoms. The number of piperazine rings is 1. The van der Waals surface area contributed by atoms with Gasteiger partial charge in [-0.2, -0.15) is 0 Å². The van der Waals surface area contributed by atoms with Gasteiger partial charge in [0.1, 0.15) is 24.3 Å². The van der Waals surface area contributed by atoms with Crippen molar-refractivity contribution in [2.45, 2.75) is 6.04 Å². The van der Waals surface area contributed by atoms with Crippen molar-refractivity contribution in [3.8, 4) is 5.82 Å². The molecule has 0 radical (unpaired) electrons. The Hall–Kier alpha value is -1.99. The van der Waals surface area contributed by atoms with Crippen LogP contribution in [0.15, 0.2) is 31.1 Å². The molecule has 20 heavy (non-hydrogen) atoms. The zero-order valence-corrected chi connectivity index (χ0v) is 11.4. The molecule has 0 amide bonds. The van der Waals surface area contributed by atoms with Gasteiger partial charge in [-0.1, -0.05) is 0 Å². The van der Waals surface area contributed by atoms with E-state index in [1.165, 1.54) is 0 Å². The van der Waals surface area contributed by atoms with Gasteiger partial charge in [0, 0.05) is 38.1 Å². The topological polar surface area (TPSA) is 70.3 Å². The number of aromatic nitrogens is 4. The minimum Gasteiger partial charge on any atom is -0.395 e. The summed E-state index contributed by atoms with van der Waals surface area (Å²) in [6.45, 7) is 2.74. The summed E-state index contributed by atoms with van der Waals surface area (Å²) < 4.78 is 1.85. The maximum atomic E-state index is 9.42. The summed E-state index contributed by atoms with van der Waals surface area (Å²) in [5, 5.41) is 9.42. The molecule has 0 unspecified atom stereocenters. The number of imidazole rings is 1. The molecular weight excluding hydrogens is 256 g/mol. The third-order valence-electron chi connectivity index (χ3n) is 3.72. The molecule has 1 fully saturated rings. The van der Waals surface area contributed by atoms with Crippen molar-refractivity contribution in [2.24, 2.45) is 0 Å². The lowest BCUT2D eigenvalue weighted by Gasteiger charge is -2.39. The summed E-state index contributed by atoms with van der Waals surface area (Å²) >= 11 is 0. The van der Waals surface area contributed by atoms with Gasteiger partial charge in [-0.3, -0.25) is 9.47 Å². The highest BCUT2D eigenvalue weighted by molar-refractivity contribution is 5.44. The molecule has 3 heterocycles. The lowest BCUT2D eigenvalue weighted by Crippen LogP contribution is -2.53. The first-order chi connectivity index (χ1) is 9.78. The number of likely N-dealkylation sites (N-methyl/N-ethyl adjacent to an activating group) is 1. The quantitative estimate of drug-likeness (QED) is 0.834. The molecule has 3 rings (SSSR count). The van der Waals surface area contributed by atoms with Crippen molar-refractivity contribution in [3.63, 3.8) is 0 Å². The molecule has 106 valence electrons. The van der Waals surface area contributed by atoms with Gasteiger partial charge in [0.25, 0.3) is 0 Å². The van der Waals surface area contributed by atoms with Crippen molar-refractivity contribution >= 4 is 5.82 Å². The van der Waals surface area contributed by atoms with E-state index < -0.39 is 0 Å². The maximum absolute atomic E-state index is 9.42. The van der Waals surface area contributed by atoms with Gasteiger partial charge >= 0.3 is 0 Å². The minimum atomic E-state index is 0.149. The summed E-state index contributed by atoms with van der Waals surface area (Å²) in [6.07, 6.45) is 6.86. The van der Waals surface area contributed by atoms with Crippen molar-refractivity contribution < 1.29 is 5.11 Å². The molecule has 2 aromatic heterocycles. The summed E-state index contributed by atoms with van der Waals surface area (Å²) in [5.74, 6) is 1.68. The molecule has 1 saturated heterocycles. The molecule has 0 bridgehead atoms. The smallest absolute Gasteiger partial charge is 0.143 e. The van der Waals surface area contributed by atoms with Crippen LogP contribution < -0.4 is 4.90 Å². The van der Waals surface area contributed by atoms with Crippen LogP contribution in [0.2, 0.25) is 0 Å². The minimum absolute atomic E-state index is 0.149. The molecule has 0 aromatic carbocycles. The van der Waals surface area contributed by atoms with Crippen molar-refractivity contribution in [1.82, 2.24) is 24.4 Å². The Morgan fingerprint density at radius 3 is 2.90 bits per heavy atom. The largest absolute Gasteiger partial charge is 0.395 e. The first-order valence-electron chi connectivity index (χ1n) is 6.64. The van der Waals surface area contributed by atoms with Crippen LogP contribution in [0.4, 0.5) is 5.82 Å². The van der Waals surface area contributed by atoms with E-state index in [1.54, 1.807) is 18.9 Å².